The highest BCUT2D eigenvalue weighted by Gasteiger charge is 2.24. The highest BCUT2D eigenvalue weighted by molar-refractivity contribution is 6.41. The monoisotopic (exact) mass is 287 g/mol. The van der Waals surface area contributed by atoms with Gasteiger partial charge in [0.1, 0.15) is 11.2 Å². The van der Waals surface area contributed by atoms with Crippen molar-refractivity contribution in [1.82, 2.24) is 15.6 Å². The van der Waals surface area contributed by atoms with E-state index >= 15 is 0 Å². The topological polar surface area (TPSA) is 71.1 Å². The van der Waals surface area contributed by atoms with Gasteiger partial charge in [0.25, 0.3) is 5.91 Å². The summed E-state index contributed by atoms with van der Waals surface area (Å²) in [4.78, 5) is 27.2. The lowest BCUT2D eigenvalue weighted by atomic mass is 10.1. The molecule has 1 aliphatic heterocycles. The van der Waals surface area contributed by atoms with E-state index in [4.69, 9.17) is 23.2 Å². The average Bonchev–Trinajstić information content (AvgIpc) is 2.35. The molecule has 1 saturated heterocycles. The molecule has 2 N–H and O–H groups in total. The van der Waals surface area contributed by atoms with Gasteiger partial charge in [0.05, 0.1) is 10.6 Å². The van der Waals surface area contributed by atoms with Gasteiger partial charge in [-0.1, -0.05) is 23.2 Å². The van der Waals surface area contributed by atoms with Crippen molar-refractivity contribution in [2.75, 3.05) is 6.54 Å². The van der Waals surface area contributed by atoms with Crippen molar-refractivity contribution >= 4 is 35.0 Å². The van der Waals surface area contributed by atoms with Crippen LogP contribution in [0.4, 0.5) is 0 Å². The highest BCUT2D eigenvalue weighted by atomic mass is 35.5. The summed E-state index contributed by atoms with van der Waals surface area (Å²) < 4.78 is 0. The fourth-order valence-corrected chi connectivity index (χ4v) is 1.97. The van der Waals surface area contributed by atoms with Crippen molar-refractivity contribution in [3.8, 4) is 0 Å². The molecule has 0 aromatic carbocycles. The van der Waals surface area contributed by atoms with Crippen LogP contribution in [0, 0.1) is 0 Å². The third kappa shape index (κ3) is 2.91. The molecule has 2 heterocycles. The first-order valence-electron chi connectivity index (χ1n) is 5.47. The van der Waals surface area contributed by atoms with E-state index in [2.05, 4.69) is 15.6 Å². The Bertz CT molecular complexity index is 493. The third-order valence-corrected chi connectivity index (χ3v) is 3.34. The van der Waals surface area contributed by atoms with Crippen LogP contribution in [0.5, 0.6) is 0 Å². The van der Waals surface area contributed by atoms with E-state index in [0.717, 1.165) is 6.42 Å². The molecule has 18 heavy (non-hydrogen) atoms. The van der Waals surface area contributed by atoms with Crippen molar-refractivity contribution in [2.24, 2.45) is 0 Å². The molecule has 1 atom stereocenters. The summed E-state index contributed by atoms with van der Waals surface area (Å²) >= 11 is 11.4. The molecule has 1 unspecified atom stereocenters. The lowest BCUT2D eigenvalue weighted by Crippen LogP contribution is -2.50. The van der Waals surface area contributed by atoms with Crippen LogP contribution in [-0.2, 0) is 4.79 Å². The zero-order valence-electron chi connectivity index (χ0n) is 9.37. The summed E-state index contributed by atoms with van der Waals surface area (Å²) in [5, 5.41) is 5.68. The Kier molecular flexibility index (Phi) is 4.04. The Labute approximate surface area is 114 Å². The maximum Gasteiger partial charge on any atom is 0.253 e. The van der Waals surface area contributed by atoms with E-state index in [0.29, 0.717) is 13.0 Å². The molecule has 0 aliphatic carbocycles. The molecule has 0 bridgehead atoms. The Morgan fingerprint density at radius 2 is 2.28 bits per heavy atom. The molecular formula is C11H11Cl2N3O2. The van der Waals surface area contributed by atoms with Gasteiger partial charge < -0.3 is 10.6 Å². The standard InChI is InChI=1S/C11H11Cl2N3O2/c12-7-4-6(5-15-9(7)13)10(17)16-8-2-1-3-14-11(8)18/h4-5,8H,1-3H2,(H,14,18)(H,16,17). The molecule has 2 amide bonds. The van der Waals surface area contributed by atoms with Gasteiger partial charge in [-0.2, -0.15) is 0 Å². The van der Waals surface area contributed by atoms with E-state index in [-0.39, 0.29) is 27.6 Å². The number of carbonyl (C=O) groups is 2. The van der Waals surface area contributed by atoms with Crippen LogP contribution < -0.4 is 10.6 Å². The van der Waals surface area contributed by atoms with Gasteiger partial charge in [-0.3, -0.25) is 9.59 Å². The van der Waals surface area contributed by atoms with Crippen LogP contribution in [0.25, 0.3) is 0 Å². The zero-order chi connectivity index (χ0) is 13.1. The number of nitrogens with one attached hydrogen (secondary N) is 2. The second-order valence-corrected chi connectivity index (χ2v) is 4.72. The number of rotatable bonds is 2. The van der Waals surface area contributed by atoms with Gasteiger partial charge in [0, 0.05) is 12.7 Å². The van der Waals surface area contributed by atoms with Crippen molar-refractivity contribution in [2.45, 2.75) is 18.9 Å². The van der Waals surface area contributed by atoms with Crippen molar-refractivity contribution in [1.29, 1.82) is 0 Å². The Morgan fingerprint density at radius 1 is 1.50 bits per heavy atom. The molecule has 0 spiro atoms. The summed E-state index contributed by atoms with van der Waals surface area (Å²) in [6.45, 7) is 0.652. The van der Waals surface area contributed by atoms with Crippen molar-refractivity contribution < 1.29 is 9.59 Å². The van der Waals surface area contributed by atoms with Gasteiger partial charge >= 0.3 is 0 Å². The van der Waals surface area contributed by atoms with E-state index in [1.165, 1.54) is 12.3 Å². The molecule has 0 saturated carbocycles. The Balaban J connectivity index is 2.07. The molecule has 5 nitrogen and oxygen atoms in total. The van der Waals surface area contributed by atoms with Crippen LogP contribution in [-0.4, -0.2) is 29.4 Å². The fourth-order valence-electron chi connectivity index (χ4n) is 1.70. The van der Waals surface area contributed by atoms with Crippen molar-refractivity contribution in [3.63, 3.8) is 0 Å². The van der Waals surface area contributed by atoms with Crippen LogP contribution in [0.2, 0.25) is 10.2 Å². The maximum atomic E-state index is 11.9. The number of hydrogen-bond acceptors (Lipinski definition) is 3. The van der Waals surface area contributed by atoms with E-state index in [9.17, 15) is 9.59 Å². The molecule has 7 heteroatoms. The summed E-state index contributed by atoms with van der Waals surface area (Å²) in [6, 6.07) is 0.924. The minimum Gasteiger partial charge on any atom is -0.354 e. The quantitative estimate of drug-likeness (QED) is 0.808. The lowest BCUT2D eigenvalue weighted by Gasteiger charge is -2.22. The number of amides is 2. The molecular weight excluding hydrogens is 277 g/mol. The first-order chi connectivity index (χ1) is 8.58. The van der Waals surface area contributed by atoms with Crippen LogP contribution in [0.1, 0.15) is 23.2 Å². The number of pyridine rings is 1. The van der Waals surface area contributed by atoms with E-state index < -0.39 is 6.04 Å². The van der Waals surface area contributed by atoms with Gasteiger partial charge in [0.2, 0.25) is 5.91 Å². The van der Waals surface area contributed by atoms with E-state index in [1.807, 2.05) is 0 Å². The van der Waals surface area contributed by atoms with Gasteiger partial charge in [-0.25, -0.2) is 4.98 Å². The number of aromatic nitrogens is 1. The smallest absolute Gasteiger partial charge is 0.253 e. The lowest BCUT2D eigenvalue weighted by molar-refractivity contribution is -0.124. The molecule has 0 radical (unpaired) electrons. The highest BCUT2D eigenvalue weighted by Crippen LogP contribution is 2.19. The van der Waals surface area contributed by atoms with Crippen LogP contribution >= 0.6 is 23.2 Å². The molecule has 1 fully saturated rings. The Morgan fingerprint density at radius 3 is 2.94 bits per heavy atom. The molecule has 1 aliphatic rings. The minimum absolute atomic E-state index is 0.142. The predicted molar refractivity (Wildman–Crippen MR) is 67.8 cm³/mol. The summed E-state index contributed by atoms with van der Waals surface area (Å²) in [6.07, 6.45) is 2.80. The largest absolute Gasteiger partial charge is 0.354 e. The first-order valence-corrected chi connectivity index (χ1v) is 6.23. The van der Waals surface area contributed by atoms with Gasteiger partial charge in [-0.05, 0) is 18.9 Å². The summed E-state index contributed by atoms with van der Waals surface area (Å²) in [7, 11) is 0. The van der Waals surface area contributed by atoms with Gasteiger partial charge in [-0.15, -0.1) is 0 Å². The number of hydrogen-bond donors (Lipinski definition) is 2. The van der Waals surface area contributed by atoms with E-state index in [1.54, 1.807) is 0 Å². The Hall–Kier alpha value is -1.33. The number of nitrogens with zero attached hydrogens (tertiary/aromatic N) is 1. The fraction of sp³-hybridized carbons (Fsp3) is 0.364. The number of halogens is 2. The van der Waals surface area contributed by atoms with Crippen LogP contribution in [0.15, 0.2) is 12.3 Å². The SMILES string of the molecule is O=C(NC1CCCNC1=O)c1cnc(Cl)c(Cl)c1. The predicted octanol–water partition coefficient (Wildman–Crippen LogP) is 1.40. The summed E-state index contributed by atoms with van der Waals surface area (Å²) in [5.74, 6) is -0.550. The number of piperidine rings is 1. The first kappa shape index (κ1) is 13.1. The third-order valence-electron chi connectivity index (χ3n) is 2.65. The second kappa shape index (κ2) is 5.54. The zero-order valence-corrected chi connectivity index (χ0v) is 10.9. The summed E-state index contributed by atoms with van der Waals surface area (Å²) in [5.41, 5.74) is 0.280. The minimum atomic E-state index is -0.499. The van der Waals surface area contributed by atoms with Crippen LogP contribution in [0.3, 0.4) is 0 Å². The molecule has 1 aromatic heterocycles. The average molecular weight is 288 g/mol. The number of carbonyl (C=O) groups excluding carboxylic acids is 2. The maximum absolute atomic E-state index is 11.9. The second-order valence-electron chi connectivity index (χ2n) is 3.96. The normalized spacial score (nSPS) is 19.2. The molecule has 2 rings (SSSR count). The van der Waals surface area contributed by atoms with Crippen molar-refractivity contribution in [3.05, 3.63) is 28.0 Å². The molecule has 96 valence electrons. The van der Waals surface area contributed by atoms with Gasteiger partial charge in [0.15, 0.2) is 0 Å². The molecule has 1 aromatic rings.